The second-order valence-corrected chi connectivity index (χ2v) is 7.49. The summed E-state index contributed by atoms with van der Waals surface area (Å²) in [6.45, 7) is 8.80. The van der Waals surface area contributed by atoms with Crippen LogP contribution in [0.2, 0.25) is 0 Å². The summed E-state index contributed by atoms with van der Waals surface area (Å²) >= 11 is 0. The molecule has 0 aliphatic heterocycles. The molecular formula is C23H27N5O2. The Morgan fingerprint density at radius 1 is 1.13 bits per heavy atom. The maximum absolute atomic E-state index is 13.1. The molecule has 2 amide bonds. The Morgan fingerprint density at radius 2 is 1.87 bits per heavy atom. The number of rotatable bonds is 7. The van der Waals surface area contributed by atoms with E-state index in [4.69, 9.17) is 5.73 Å². The van der Waals surface area contributed by atoms with Crippen molar-refractivity contribution in [3.05, 3.63) is 76.9 Å². The van der Waals surface area contributed by atoms with Gasteiger partial charge in [-0.1, -0.05) is 44.2 Å². The standard InChI is InChI=1S/C23H27N5O2/c1-5-27(14-17-9-8-10-18(13-17)21(24)29)23(30)22-25-16(4)28(26-22)20-12-7-6-11-19(20)15(2)3/h6-13,15H,5,14H2,1-4H3,(H2,24,29). The van der Waals surface area contributed by atoms with Crippen molar-refractivity contribution in [3.8, 4) is 5.69 Å². The van der Waals surface area contributed by atoms with E-state index >= 15 is 0 Å². The summed E-state index contributed by atoms with van der Waals surface area (Å²) in [5.41, 5.74) is 8.66. The number of aryl methyl sites for hydroxylation is 1. The van der Waals surface area contributed by atoms with Crippen LogP contribution in [0.1, 0.15) is 64.6 Å². The molecule has 156 valence electrons. The van der Waals surface area contributed by atoms with Crippen molar-refractivity contribution < 1.29 is 9.59 Å². The molecule has 2 aromatic carbocycles. The van der Waals surface area contributed by atoms with Gasteiger partial charge >= 0.3 is 0 Å². The number of benzene rings is 2. The second-order valence-electron chi connectivity index (χ2n) is 7.49. The molecule has 2 N–H and O–H groups in total. The third kappa shape index (κ3) is 4.40. The van der Waals surface area contributed by atoms with Crippen LogP contribution in [0.5, 0.6) is 0 Å². The van der Waals surface area contributed by atoms with Gasteiger partial charge in [-0.3, -0.25) is 9.59 Å². The lowest BCUT2D eigenvalue weighted by Gasteiger charge is -2.19. The van der Waals surface area contributed by atoms with E-state index < -0.39 is 5.91 Å². The number of nitrogens with zero attached hydrogens (tertiary/aromatic N) is 4. The van der Waals surface area contributed by atoms with Gasteiger partial charge in [0.25, 0.3) is 5.91 Å². The summed E-state index contributed by atoms with van der Waals surface area (Å²) in [6, 6.07) is 15.0. The number of carbonyl (C=O) groups excluding carboxylic acids is 2. The Morgan fingerprint density at radius 3 is 2.53 bits per heavy atom. The first-order valence-electron chi connectivity index (χ1n) is 10.0. The van der Waals surface area contributed by atoms with Gasteiger partial charge in [-0.15, -0.1) is 5.10 Å². The minimum absolute atomic E-state index is 0.152. The van der Waals surface area contributed by atoms with Crippen LogP contribution in [-0.2, 0) is 6.54 Å². The highest BCUT2D eigenvalue weighted by Gasteiger charge is 2.22. The highest BCUT2D eigenvalue weighted by atomic mass is 16.2. The summed E-state index contributed by atoms with van der Waals surface area (Å²) < 4.78 is 1.73. The molecule has 0 aliphatic rings. The Balaban J connectivity index is 1.89. The molecule has 1 heterocycles. The molecule has 7 nitrogen and oxygen atoms in total. The average molecular weight is 406 g/mol. The van der Waals surface area contributed by atoms with Crippen molar-refractivity contribution in [1.29, 1.82) is 0 Å². The predicted octanol–water partition coefficient (Wildman–Crippen LogP) is 3.46. The van der Waals surface area contributed by atoms with Crippen molar-refractivity contribution in [3.63, 3.8) is 0 Å². The second kappa shape index (κ2) is 8.90. The van der Waals surface area contributed by atoms with Crippen LogP contribution in [0.25, 0.3) is 5.69 Å². The summed E-state index contributed by atoms with van der Waals surface area (Å²) in [5, 5.41) is 4.52. The third-order valence-electron chi connectivity index (χ3n) is 5.00. The van der Waals surface area contributed by atoms with Gasteiger partial charge in [0.05, 0.1) is 5.69 Å². The lowest BCUT2D eigenvalue weighted by atomic mass is 10.0. The van der Waals surface area contributed by atoms with Crippen LogP contribution in [-0.4, -0.2) is 38.0 Å². The van der Waals surface area contributed by atoms with E-state index in [-0.39, 0.29) is 11.7 Å². The highest BCUT2D eigenvalue weighted by molar-refractivity contribution is 5.93. The molecule has 0 unspecified atom stereocenters. The SMILES string of the molecule is CCN(Cc1cccc(C(N)=O)c1)C(=O)c1nc(C)n(-c2ccccc2C(C)C)n1. The molecule has 3 aromatic rings. The van der Waals surface area contributed by atoms with E-state index in [0.29, 0.717) is 30.4 Å². The van der Waals surface area contributed by atoms with E-state index in [1.54, 1.807) is 27.8 Å². The monoisotopic (exact) mass is 405 g/mol. The van der Waals surface area contributed by atoms with Crippen LogP contribution < -0.4 is 5.73 Å². The van der Waals surface area contributed by atoms with Gasteiger partial charge in [-0.25, -0.2) is 9.67 Å². The fourth-order valence-electron chi connectivity index (χ4n) is 3.39. The van der Waals surface area contributed by atoms with E-state index in [9.17, 15) is 9.59 Å². The molecule has 7 heteroatoms. The molecule has 0 radical (unpaired) electrons. The fraction of sp³-hybridized carbons (Fsp3) is 0.304. The van der Waals surface area contributed by atoms with E-state index in [0.717, 1.165) is 16.8 Å². The maximum Gasteiger partial charge on any atom is 0.293 e. The molecular weight excluding hydrogens is 378 g/mol. The van der Waals surface area contributed by atoms with Crippen LogP contribution in [0.15, 0.2) is 48.5 Å². The van der Waals surface area contributed by atoms with Gasteiger partial charge in [-0.2, -0.15) is 0 Å². The fourth-order valence-corrected chi connectivity index (χ4v) is 3.39. The van der Waals surface area contributed by atoms with Gasteiger partial charge in [0, 0.05) is 18.7 Å². The molecule has 0 aliphatic carbocycles. The number of aromatic nitrogens is 3. The predicted molar refractivity (Wildman–Crippen MR) is 116 cm³/mol. The van der Waals surface area contributed by atoms with Crippen molar-refractivity contribution in [2.24, 2.45) is 5.73 Å². The van der Waals surface area contributed by atoms with Gasteiger partial charge in [0.2, 0.25) is 11.7 Å². The summed E-state index contributed by atoms with van der Waals surface area (Å²) in [6.07, 6.45) is 0. The lowest BCUT2D eigenvalue weighted by molar-refractivity contribution is 0.0740. The number of hydrogen-bond acceptors (Lipinski definition) is 4. The van der Waals surface area contributed by atoms with E-state index in [1.807, 2.05) is 38.1 Å². The van der Waals surface area contributed by atoms with Crippen LogP contribution in [0.4, 0.5) is 0 Å². The normalized spacial score (nSPS) is 11.0. The van der Waals surface area contributed by atoms with E-state index in [1.165, 1.54) is 0 Å². The Bertz CT molecular complexity index is 1070. The van der Waals surface area contributed by atoms with Gasteiger partial charge in [0.1, 0.15) is 5.82 Å². The van der Waals surface area contributed by atoms with Gasteiger partial charge in [-0.05, 0) is 49.1 Å². The average Bonchev–Trinajstić information content (AvgIpc) is 3.13. The molecule has 0 bridgehead atoms. The summed E-state index contributed by atoms with van der Waals surface area (Å²) in [5.74, 6) is 0.364. The van der Waals surface area contributed by atoms with Crippen LogP contribution >= 0.6 is 0 Å². The Kier molecular flexibility index (Phi) is 6.30. The number of nitrogens with two attached hydrogens (primary N) is 1. The smallest absolute Gasteiger partial charge is 0.293 e. The quantitative estimate of drug-likeness (QED) is 0.651. The summed E-state index contributed by atoms with van der Waals surface area (Å²) in [4.78, 5) is 30.6. The molecule has 0 saturated carbocycles. The molecule has 30 heavy (non-hydrogen) atoms. The number of amides is 2. The van der Waals surface area contributed by atoms with Crippen LogP contribution in [0.3, 0.4) is 0 Å². The molecule has 3 rings (SSSR count). The van der Waals surface area contributed by atoms with Crippen molar-refractivity contribution in [1.82, 2.24) is 19.7 Å². The maximum atomic E-state index is 13.1. The first-order chi connectivity index (χ1) is 14.3. The van der Waals surface area contributed by atoms with E-state index in [2.05, 4.69) is 30.0 Å². The lowest BCUT2D eigenvalue weighted by Crippen LogP contribution is -2.31. The molecule has 0 atom stereocenters. The van der Waals surface area contributed by atoms with Crippen LogP contribution in [0, 0.1) is 6.92 Å². The molecule has 0 saturated heterocycles. The Hall–Kier alpha value is -3.48. The number of para-hydroxylation sites is 1. The third-order valence-corrected chi connectivity index (χ3v) is 5.00. The highest BCUT2D eigenvalue weighted by Crippen LogP contribution is 2.23. The first-order valence-corrected chi connectivity index (χ1v) is 10.0. The zero-order valence-corrected chi connectivity index (χ0v) is 17.8. The Labute approximate surface area is 176 Å². The molecule has 0 fully saturated rings. The number of primary amides is 1. The minimum atomic E-state index is -0.494. The number of carbonyl (C=O) groups is 2. The van der Waals surface area contributed by atoms with Crippen molar-refractivity contribution in [2.45, 2.75) is 40.2 Å². The topological polar surface area (TPSA) is 94.1 Å². The largest absolute Gasteiger partial charge is 0.366 e. The van der Waals surface area contributed by atoms with Crippen molar-refractivity contribution >= 4 is 11.8 Å². The van der Waals surface area contributed by atoms with Crippen molar-refractivity contribution in [2.75, 3.05) is 6.54 Å². The van der Waals surface area contributed by atoms with Gasteiger partial charge < -0.3 is 10.6 Å². The zero-order chi connectivity index (χ0) is 21.8. The summed E-state index contributed by atoms with van der Waals surface area (Å²) in [7, 11) is 0. The molecule has 0 spiro atoms. The van der Waals surface area contributed by atoms with Gasteiger partial charge in [0.15, 0.2) is 0 Å². The molecule has 1 aromatic heterocycles. The minimum Gasteiger partial charge on any atom is -0.366 e. The zero-order valence-electron chi connectivity index (χ0n) is 17.8. The first kappa shape index (κ1) is 21.2. The number of hydrogen-bond donors (Lipinski definition) is 1.